The van der Waals surface area contributed by atoms with Gasteiger partial charge in [0.05, 0.1) is 19.3 Å². The van der Waals surface area contributed by atoms with E-state index in [4.69, 9.17) is 14.2 Å². The molecule has 0 spiro atoms. The van der Waals surface area contributed by atoms with Crippen LogP contribution < -0.4 is 14.8 Å². The normalized spacial score (nSPS) is 23.6. The number of hydrogen-bond acceptors (Lipinski definition) is 6. The Morgan fingerprint density at radius 2 is 2.03 bits per heavy atom. The highest BCUT2D eigenvalue weighted by Gasteiger charge is 2.47. The number of aryl methyl sites for hydroxylation is 1. The molecule has 170 valence electrons. The summed E-state index contributed by atoms with van der Waals surface area (Å²) in [7, 11) is 1.74. The number of aromatic nitrogens is 3. The lowest BCUT2D eigenvalue weighted by Gasteiger charge is -2.35. The molecule has 1 amide bonds. The van der Waals surface area contributed by atoms with Gasteiger partial charge in [-0.2, -0.15) is 9.97 Å². The second-order valence-corrected chi connectivity index (χ2v) is 8.66. The molecule has 2 aromatic heterocycles. The molecule has 0 aliphatic heterocycles. The van der Waals surface area contributed by atoms with Gasteiger partial charge >= 0.3 is 0 Å². The molecule has 2 fully saturated rings. The zero-order valence-corrected chi connectivity index (χ0v) is 17.9. The Balaban J connectivity index is 1.24. The van der Waals surface area contributed by atoms with Crippen molar-refractivity contribution < 1.29 is 27.8 Å². The molecule has 2 saturated carbocycles. The molecule has 2 aliphatic carbocycles. The second kappa shape index (κ2) is 8.57. The Morgan fingerprint density at radius 1 is 1.29 bits per heavy atom. The molecule has 2 heterocycles. The summed E-state index contributed by atoms with van der Waals surface area (Å²) in [6.45, 7) is 4.45. The van der Waals surface area contributed by atoms with Crippen LogP contribution >= 0.6 is 0 Å². The van der Waals surface area contributed by atoms with Crippen LogP contribution in [-0.4, -0.2) is 57.8 Å². The summed E-state index contributed by atoms with van der Waals surface area (Å²) in [5.74, 6) is -1.81. The molecule has 10 heteroatoms. The van der Waals surface area contributed by atoms with Crippen molar-refractivity contribution in [2.75, 3.05) is 13.2 Å². The highest BCUT2D eigenvalue weighted by molar-refractivity contribution is 5.73. The highest BCUT2D eigenvalue weighted by Crippen LogP contribution is 2.39. The molecule has 1 atom stereocenters. The fraction of sp³-hybridized carbons (Fsp3) is 0.667. The molecule has 0 unspecified atom stereocenters. The summed E-state index contributed by atoms with van der Waals surface area (Å²) in [4.78, 5) is 19.8. The highest BCUT2D eigenvalue weighted by atomic mass is 19.3. The molecule has 2 aliphatic rings. The molecule has 0 aromatic carbocycles. The van der Waals surface area contributed by atoms with Crippen LogP contribution in [0, 0.1) is 5.92 Å². The van der Waals surface area contributed by atoms with Crippen LogP contribution in [0.5, 0.6) is 11.9 Å². The van der Waals surface area contributed by atoms with E-state index in [1.807, 2.05) is 6.92 Å². The first kappa shape index (κ1) is 21.7. The van der Waals surface area contributed by atoms with Crippen LogP contribution in [0.15, 0.2) is 12.1 Å². The number of nitrogens with one attached hydrogen (secondary N) is 1. The molecule has 8 nitrogen and oxygen atoms in total. The molecule has 0 bridgehead atoms. The zero-order valence-electron chi connectivity index (χ0n) is 17.9. The van der Waals surface area contributed by atoms with E-state index in [-0.39, 0.29) is 36.9 Å². The van der Waals surface area contributed by atoms with Gasteiger partial charge in [-0.1, -0.05) is 0 Å². The number of nitrogens with zero attached hydrogens (tertiary/aromatic N) is 3. The molecule has 31 heavy (non-hydrogen) atoms. The molecule has 0 saturated heterocycles. The SMILES string of the molecule is CC(=O)N[C@@H](C)COC1CC(COc2ccc3nc(OC4CC(F)(F)C4)n(C)c3n2)C1. The fourth-order valence-corrected chi connectivity index (χ4v) is 3.87. The first-order chi connectivity index (χ1) is 14.7. The molecule has 1 N–H and O–H groups in total. The predicted molar refractivity (Wildman–Crippen MR) is 108 cm³/mol. The number of alkyl halides is 2. The molecule has 4 rings (SSSR count). The number of carbonyl (C=O) groups excluding carboxylic acids is 1. The van der Waals surface area contributed by atoms with Gasteiger partial charge in [-0.15, -0.1) is 0 Å². The molecular formula is C21H28F2N4O4. The monoisotopic (exact) mass is 438 g/mol. The number of carbonyl (C=O) groups is 1. The minimum Gasteiger partial charge on any atom is -0.477 e. The first-order valence-corrected chi connectivity index (χ1v) is 10.6. The molecular weight excluding hydrogens is 410 g/mol. The predicted octanol–water partition coefficient (Wildman–Crippen LogP) is 2.84. The third-order valence-corrected chi connectivity index (χ3v) is 5.67. The maximum atomic E-state index is 13.0. The number of rotatable bonds is 9. The van der Waals surface area contributed by atoms with Gasteiger partial charge in [-0.25, -0.2) is 8.78 Å². The van der Waals surface area contributed by atoms with E-state index in [1.54, 1.807) is 23.7 Å². The Morgan fingerprint density at radius 3 is 2.71 bits per heavy atom. The number of pyridine rings is 1. The number of fused-ring (bicyclic) bond motifs is 1. The maximum absolute atomic E-state index is 13.0. The van der Waals surface area contributed by atoms with Gasteiger partial charge < -0.3 is 19.5 Å². The average molecular weight is 438 g/mol. The zero-order chi connectivity index (χ0) is 22.2. The third-order valence-electron chi connectivity index (χ3n) is 5.67. The summed E-state index contributed by atoms with van der Waals surface area (Å²) in [5, 5.41) is 2.80. The van der Waals surface area contributed by atoms with E-state index in [0.717, 1.165) is 12.8 Å². The number of ether oxygens (including phenoxy) is 3. The van der Waals surface area contributed by atoms with Crippen LogP contribution in [0.3, 0.4) is 0 Å². The number of imidazole rings is 1. The van der Waals surface area contributed by atoms with Crippen molar-refractivity contribution in [1.29, 1.82) is 0 Å². The van der Waals surface area contributed by atoms with Crippen molar-refractivity contribution in [1.82, 2.24) is 19.9 Å². The maximum Gasteiger partial charge on any atom is 0.298 e. The van der Waals surface area contributed by atoms with Gasteiger partial charge in [0.1, 0.15) is 11.6 Å². The van der Waals surface area contributed by atoms with Gasteiger partial charge in [0, 0.05) is 38.9 Å². The third kappa shape index (κ3) is 5.23. The quantitative estimate of drug-likeness (QED) is 0.648. The van der Waals surface area contributed by atoms with E-state index in [1.165, 1.54) is 6.92 Å². The van der Waals surface area contributed by atoms with Gasteiger partial charge in [0.15, 0.2) is 5.65 Å². The van der Waals surface area contributed by atoms with Gasteiger partial charge in [-0.05, 0) is 31.7 Å². The van der Waals surface area contributed by atoms with Gasteiger partial charge in [-0.3, -0.25) is 9.36 Å². The number of halogens is 2. The summed E-state index contributed by atoms with van der Waals surface area (Å²) in [6.07, 6.45) is 0.925. The van der Waals surface area contributed by atoms with Crippen LogP contribution in [0.1, 0.15) is 39.5 Å². The minimum absolute atomic E-state index is 0.00252. The largest absolute Gasteiger partial charge is 0.477 e. The summed E-state index contributed by atoms with van der Waals surface area (Å²) >= 11 is 0. The van der Waals surface area contributed by atoms with Crippen LogP contribution in [0.4, 0.5) is 8.78 Å². The van der Waals surface area contributed by atoms with E-state index < -0.39 is 12.0 Å². The van der Waals surface area contributed by atoms with Gasteiger partial charge in [0.25, 0.3) is 11.9 Å². The first-order valence-electron chi connectivity index (χ1n) is 10.6. The van der Waals surface area contributed by atoms with Crippen molar-refractivity contribution in [2.45, 2.75) is 63.7 Å². The van der Waals surface area contributed by atoms with Crippen molar-refractivity contribution in [3.8, 4) is 11.9 Å². The van der Waals surface area contributed by atoms with Gasteiger partial charge in [0.2, 0.25) is 11.8 Å². The molecule has 0 radical (unpaired) electrons. The van der Waals surface area contributed by atoms with Crippen LogP contribution in [0.25, 0.3) is 11.2 Å². The minimum atomic E-state index is -2.64. The summed E-state index contributed by atoms with van der Waals surface area (Å²) in [6, 6.07) is 3.82. The fourth-order valence-electron chi connectivity index (χ4n) is 3.87. The van der Waals surface area contributed by atoms with E-state index >= 15 is 0 Å². The standard InChI is InChI=1S/C21H28F2N4O4/c1-12(24-13(2)28)10-29-15-6-14(7-15)11-30-18-5-4-17-19(26-18)27(3)20(25-17)31-16-8-21(22,23)9-16/h4-5,12,14-16H,6-11H2,1-3H3,(H,24,28)/t12-,14?,15?/m0/s1. The molecule has 2 aromatic rings. The van der Waals surface area contributed by atoms with E-state index in [2.05, 4.69) is 15.3 Å². The van der Waals surface area contributed by atoms with Crippen molar-refractivity contribution in [3.63, 3.8) is 0 Å². The Kier molecular flexibility index (Phi) is 6.00. The van der Waals surface area contributed by atoms with E-state index in [9.17, 15) is 13.6 Å². The van der Waals surface area contributed by atoms with E-state index in [0.29, 0.717) is 36.2 Å². The lowest BCUT2D eigenvalue weighted by Crippen LogP contribution is -2.43. The Bertz CT molecular complexity index is 937. The van der Waals surface area contributed by atoms with Crippen molar-refractivity contribution in [2.24, 2.45) is 13.0 Å². The number of hydrogen-bond donors (Lipinski definition) is 1. The average Bonchev–Trinajstić information content (AvgIpc) is 2.93. The summed E-state index contributed by atoms with van der Waals surface area (Å²) in [5.41, 5.74) is 1.21. The van der Waals surface area contributed by atoms with Crippen LogP contribution in [-0.2, 0) is 16.6 Å². The summed E-state index contributed by atoms with van der Waals surface area (Å²) < 4.78 is 44.9. The van der Waals surface area contributed by atoms with Crippen molar-refractivity contribution in [3.05, 3.63) is 12.1 Å². The van der Waals surface area contributed by atoms with Crippen molar-refractivity contribution >= 4 is 17.1 Å². The smallest absolute Gasteiger partial charge is 0.298 e. The lowest BCUT2D eigenvalue weighted by molar-refractivity contribution is -0.136. The second-order valence-electron chi connectivity index (χ2n) is 8.66. The van der Waals surface area contributed by atoms with Crippen LogP contribution in [0.2, 0.25) is 0 Å². The number of amides is 1. The Hall–Kier alpha value is -2.49. The Labute approximate surface area is 179 Å². The topological polar surface area (TPSA) is 87.5 Å². The lowest BCUT2D eigenvalue weighted by atomic mass is 9.83.